The van der Waals surface area contributed by atoms with Crippen molar-refractivity contribution in [2.75, 3.05) is 0 Å². The SMILES string of the molecule is CCCC(C)(C)c1ccc2c(c1)OC(C)(C)[C@@H]1CC=C(C(F)(F)F)C[C@@H]21. The van der Waals surface area contributed by atoms with Gasteiger partial charge in [0, 0.05) is 11.5 Å². The van der Waals surface area contributed by atoms with Crippen LogP contribution in [0.15, 0.2) is 29.8 Å². The first-order valence-corrected chi connectivity index (χ1v) is 9.55. The first-order valence-electron chi connectivity index (χ1n) is 9.55. The molecule has 0 N–H and O–H groups in total. The minimum absolute atomic E-state index is 0.0255. The number of alkyl halides is 3. The highest BCUT2D eigenvalue weighted by atomic mass is 19.4. The fraction of sp³-hybridized carbons (Fsp3) is 0.636. The third-order valence-corrected chi connectivity index (χ3v) is 6.24. The number of hydrogen-bond donors (Lipinski definition) is 0. The van der Waals surface area contributed by atoms with Crippen LogP contribution in [-0.4, -0.2) is 11.8 Å². The van der Waals surface area contributed by atoms with Crippen LogP contribution in [0.3, 0.4) is 0 Å². The summed E-state index contributed by atoms with van der Waals surface area (Å²) in [6, 6.07) is 6.15. The molecule has 26 heavy (non-hydrogen) atoms. The van der Waals surface area contributed by atoms with Gasteiger partial charge in [-0.3, -0.25) is 0 Å². The monoisotopic (exact) mass is 366 g/mol. The molecule has 2 aliphatic rings. The molecule has 2 atom stereocenters. The van der Waals surface area contributed by atoms with E-state index in [1.54, 1.807) is 0 Å². The summed E-state index contributed by atoms with van der Waals surface area (Å²) in [6.07, 6.45) is -0.267. The average molecular weight is 366 g/mol. The van der Waals surface area contributed by atoms with Gasteiger partial charge in [-0.15, -0.1) is 0 Å². The molecule has 0 radical (unpaired) electrons. The molecule has 0 fully saturated rings. The van der Waals surface area contributed by atoms with Crippen molar-refractivity contribution in [3.8, 4) is 5.75 Å². The second-order valence-electron chi connectivity index (χ2n) is 8.97. The standard InChI is InChI=1S/C22H29F3O/c1-6-11-20(2,3)14-7-9-16-17-12-15(22(23,24)25)8-10-18(17)21(4,5)26-19(16)13-14/h7-9,13,17-18H,6,10-12H2,1-5H3/t17-,18+/m0/s1. The number of ether oxygens (including phenoxy) is 1. The lowest BCUT2D eigenvalue weighted by Gasteiger charge is -2.47. The number of rotatable bonds is 3. The van der Waals surface area contributed by atoms with Gasteiger partial charge in [0.15, 0.2) is 0 Å². The zero-order valence-corrected chi connectivity index (χ0v) is 16.3. The maximum absolute atomic E-state index is 13.3. The Morgan fingerprint density at radius 1 is 1.19 bits per heavy atom. The van der Waals surface area contributed by atoms with Crippen molar-refractivity contribution in [1.82, 2.24) is 0 Å². The third kappa shape index (κ3) is 3.39. The highest BCUT2D eigenvalue weighted by Crippen LogP contribution is 2.53. The summed E-state index contributed by atoms with van der Waals surface area (Å²) in [4.78, 5) is 0. The van der Waals surface area contributed by atoms with Crippen LogP contribution in [0.4, 0.5) is 13.2 Å². The van der Waals surface area contributed by atoms with Gasteiger partial charge in [0.05, 0.1) is 0 Å². The second kappa shape index (κ2) is 6.31. The topological polar surface area (TPSA) is 9.23 Å². The first-order chi connectivity index (χ1) is 12.0. The van der Waals surface area contributed by atoms with E-state index >= 15 is 0 Å². The maximum atomic E-state index is 13.3. The fourth-order valence-corrected chi connectivity index (χ4v) is 4.70. The molecule has 1 nitrogen and oxygen atoms in total. The first kappa shape index (κ1) is 19.3. The van der Waals surface area contributed by atoms with Crippen molar-refractivity contribution in [3.05, 3.63) is 41.0 Å². The molecule has 4 heteroatoms. The van der Waals surface area contributed by atoms with E-state index in [9.17, 15) is 13.2 Å². The molecule has 1 aliphatic carbocycles. The van der Waals surface area contributed by atoms with E-state index in [4.69, 9.17) is 4.74 Å². The van der Waals surface area contributed by atoms with Crippen molar-refractivity contribution in [3.63, 3.8) is 0 Å². The summed E-state index contributed by atoms with van der Waals surface area (Å²) in [5.41, 5.74) is 1.28. The molecule has 1 heterocycles. The Labute approximate surface area is 154 Å². The number of halogens is 3. The molecule has 144 valence electrons. The van der Waals surface area contributed by atoms with Crippen LogP contribution in [0.2, 0.25) is 0 Å². The van der Waals surface area contributed by atoms with E-state index in [1.807, 2.05) is 19.9 Å². The van der Waals surface area contributed by atoms with Crippen LogP contribution in [0, 0.1) is 5.92 Å². The van der Waals surface area contributed by atoms with Gasteiger partial charge >= 0.3 is 6.18 Å². The fourth-order valence-electron chi connectivity index (χ4n) is 4.70. The normalized spacial score (nSPS) is 25.0. The van der Waals surface area contributed by atoms with E-state index in [-0.39, 0.29) is 23.7 Å². The summed E-state index contributed by atoms with van der Waals surface area (Å²) in [5.74, 6) is 0.690. The molecular formula is C22H29F3O. The molecule has 0 aromatic heterocycles. The second-order valence-corrected chi connectivity index (χ2v) is 8.97. The zero-order chi connectivity index (χ0) is 19.3. The molecule has 0 spiro atoms. The van der Waals surface area contributed by atoms with Gasteiger partial charge in [0.25, 0.3) is 0 Å². The van der Waals surface area contributed by atoms with E-state index in [2.05, 4.69) is 32.9 Å². The lowest BCUT2D eigenvalue weighted by Crippen LogP contribution is -2.46. The Kier molecular flexibility index (Phi) is 4.69. The number of hydrogen-bond acceptors (Lipinski definition) is 1. The van der Waals surface area contributed by atoms with Gasteiger partial charge in [-0.25, -0.2) is 0 Å². The van der Waals surface area contributed by atoms with Crippen molar-refractivity contribution < 1.29 is 17.9 Å². The number of fused-ring (bicyclic) bond motifs is 3. The van der Waals surface area contributed by atoms with E-state index in [0.29, 0.717) is 6.42 Å². The predicted octanol–water partition coefficient (Wildman–Crippen LogP) is 6.92. The third-order valence-electron chi connectivity index (χ3n) is 6.24. The van der Waals surface area contributed by atoms with Crippen molar-refractivity contribution in [2.45, 2.75) is 83.4 Å². The number of allylic oxidation sites excluding steroid dienone is 2. The Hall–Kier alpha value is -1.45. The van der Waals surface area contributed by atoms with Crippen LogP contribution in [-0.2, 0) is 5.41 Å². The highest BCUT2D eigenvalue weighted by molar-refractivity contribution is 5.46. The molecular weight excluding hydrogens is 337 g/mol. The lowest BCUT2D eigenvalue weighted by molar-refractivity contribution is -0.0992. The zero-order valence-electron chi connectivity index (χ0n) is 16.3. The van der Waals surface area contributed by atoms with Gasteiger partial charge in [0.1, 0.15) is 11.4 Å². The maximum Gasteiger partial charge on any atom is 0.412 e. The van der Waals surface area contributed by atoms with Gasteiger partial charge in [0.2, 0.25) is 0 Å². The molecule has 0 saturated heterocycles. The molecule has 0 unspecified atom stereocenters. The lowest BCUT2D eigenvalue weighted by atomic mass is 9.66. The Morgan fingerprint density at radius 2 is 1.88 bits per heavy atom. The summed E-state index contributed by atoms with van der Waals surface area (Å²) in [7, 11) is 0. The van der Waals surface area contributed by atoms with Gasteiger partial charge < -0.3 is 4.74 Å². The summed E-state index contributed by atoms with van der Waals surface area (Å²) in [6.45, 7) is 10.6. The number of benzene rings is 1. The minimum atomic E-state index is -4.24. The molecule has 0 bridgehead atoms. The largest absolute Gasteiger partial charge is 0.487 e. The summed E-state index contributed by atoms with van der Waals surface area (Å²) < 4.78 is 46.1. The average Bonchev–Trinajstić information content (AvgIpc) is 2.52. The molecule has 1 aromatic carbocycles. The van der Waals surface area contributed by atoms with Crippen LogP contribution in [0.5, 0.6) is 5.75 Å². The van der Waals surface area contributed by atoms with Crippen LogP contribution >= 0.6 is 0 Å². The minimum Gasteiger partial charge on any atom is -0.487 e. The van der Waals surface area contributed by atoms with Crippen molar-refractivity contribution >= 4 is 0 Å². The molecule has 0 amide bonds. The molecule has 0 saturated carbocycles. The molecule has 1 aliphatic heterocycles. The smallest absolute Gasteiger partial charge is 0.412 e. The van der Waals surface area contributed by atoms with E-state index in [0.717, 1.165) is 24.2 Å². The molecule has 1 aromatic rings. The van der Waals surface area contributed by atoms with Gasteiger partial charge in [-0.05, 0) is 61.6 Å². The highest BCUT2D eigenvalue weighted by Gasteiger charge is 2.48. The van der Waals surface area contributed by atoms with E-state index in [1.165, 1.54) is 11.6 Å². The van der Waals surface area contributed by atoms with Crippen LogP contribution in [0.25, 0.3) is 0 Å². The van der Waals surface area contributed by atoms with Gasteiger partial charge in [-0.2, -0.15) is 13.2 Å². The Bertz CT molecular complexity index is 713. The Morgan fingerprint density at radius 3 is 2.50 bits per heavy atom. The Balaban J connectivity index is 2.02. The van der Waals surface area contributed by atoms with Crippen LogP contribution < -0.4 is 4.74 Å². The predicted molar refractivity (Wildman–Crippen MR) is 98.7 cm³/mol. The van der Waals surface area contributed by atoms with Crippen molar-refractivity contribution in [2.24, 2.45) is 5.92 Å². The summed E-state index contributed by atoms with van der Waals surface area (Å²) in [5, 5.41) is 0. The summed E-state index contributed by atoms with van der Waals surface area (Å²) >= 11 is 0. The van der Waals surface area contributed by atoms with Gasteiger partial charge in [-0.1, -0.05) is 45.4 Å². The van der Waals surface area contributed by atoms with Crippen LogP contribution in [0.1, 0.15) is 77.3 Å². The molecule has 3 rings (SSSR count). The van der Waals surface area contributed by atoms with E-state index < -0.39 is 17.4 Å². The quantitative estimate of drug-likeness (QED) is 0.528. The van der Waals surface area contributed by atoms with Crippen molar-refractivity contribution in [1.29, 1.82) is 0 Å².